The Morgan fingerprint density at radius 2 is 1.77 bits per heavy atom. The number of methoxy groups -OCH3 is 1. The first-order valence-corrected chi connectivity index (χ1v) is 16.1. The van der Waals surface area contributed by atoms with Crippen molar-refractivity contribution in [2.75, 3.05) is 26.9 Å². The molecule has 1 aliphatic heterocycles. The average molecular weight is 779 g/mol. The predicted octanol–water partition coefficient (Wildman–Crippen LogP) is 5.44. The highest BCUT2D eigenvalue weighted by Gasteiger charge is 2.32. The first kappa shape index (κ1) is 35.6. The number of amides is 2. The van der Waals surface area contributed by atoms with Crippen LogP contribution in [0.2, 0.25) is 5.02 Å². The fraction of sp³-hybridized carbons (Fsp3) is 0.303. The van der Waals surface area contributed by atoms with Gasteiger partial charge >= 0.3 is 12.0 Å². The van der Waals surface area contributed by atoms with Crippen molar-refractivity contribution in [1.29, 1.82) is 0 Å². The van der Waals surface area contributed by atoms with Gasteiger partial charge < -0.3 is 39.4 Å². The van der Waals surface area contributed by atoms with E-state index in [1.165, 1.54) is 7.11 Å². The zero-order valence-electron chi connectivity index (χ0n) is 26.3. The molecule has 14 heteroatoms. The van der Waals surface area contributed by atoms with Crippen LogP contribution in [-0.4, -0.2) is 56.5 Å². The molecule has 0 unspecified atom stereocenters. The number of nitrogens with zero attached hydrogens (tertiary/aromatic N) is 1. The molecule has 3 aromatic rings. The van der Waals surface area contributed by atoms with E-state index in [9.17, 15) is 14.7 Å². The standard InChI is InChI=1S/C33H36ClIN4O8/c1-5-44-26-15-22(30-29(32(41)43-4)19(3)37-33(42)38-30)9-12-25(26)46-18-28(40)39-36-16-21-13-24(35)31(27(14-21)45-6-2)47-17-20-7-10-23(34)11-8-20/h7-16,28,30,39-40H,5-6,17-18H2,1-4H3,(H2,37,38,42)/b36-16+/t28-,30+/m1/s1. The fourth-order valence-corrected chi connectivity index (χ4v) is 5.53. The molecule has 2 atom stereocenters. The molecule has 0 aromatic heterocycles. The molecule has 3 aromatic carbocycles. The number of nitrogens with one attached hydrogen (secondary N) is 3. The van der Waals surface area contributed by atoms with Crippen molar-refractivity contribution in [1.82, 2.24) is 16.1 Å². The number of rotatable bonds is 15. The quantitative estimate of drug-likeness (QED) is 0.0521. The zero-order valence-corrected chi connectivity index (χ0v) is 29.2. The molecule has 0 saturated heterocycles. The van der Waals surface area contributed by atoms with E-state index in [1.54, 1.807) is 37.4 Å². The molecule has 1 heterocycles. The van der Waals surface area contributed by atoms with Crippen molar-refractivity contribution in [2.45, 2.75) is 39.6 Å². The van der Waals surface area contributed by atoms with Crippen LogP contribution in [0.1, 0.15) is 43.5 Å². The number of aliphatic hydroxyl groups excluding tert-OH is 1. The Balaban J connectivity index is 1.40. The van der Waals surface area contributed by atoms with E-state index in [0.717, 1.165) is 14.7 Å². The van der Waals surface area contributed by atoms with Crippen LogP contribution >= 0.6 is 34.2 Å². The molecule has 1 aliphatic rings. The van der Waals surface area contributed by atoms with Crippen LogP contribution in [0.4, 0.5) is 4.79 Å². The van der Waals surface area contributed by atoms with E-state index < -0.39 is 24.3 Å². The first-order valence-electron chi connectivity index (χ1n) is 14.7. The normalized spacial score (nSPS) is 15.0. The third kappa shape index (κ3) is 9.65. The van der Waals surface area contributed by atoms with Crippen LogP contribution in [-0.2, 0) is 16.1 Å². The van der Waals surface area contributed by atoms with Crippen LogP contribution in [0.15, 0.2) is 71.0 Å². The van der Waals surface area contributed by atoms with Crippen molar-refractivity contribution in [3.63, 3.8) is 0 Å². The van der Waals surface area contributed by atoms with Gasteiger partial charge in [0.25, 0.3) is 0 Å². The minimum Gasteiger partial charge on any atom is -0.490 e. The van der Waals surface area contributed by atoms with Gasteiger partial charge in [-0.2, -0.15) is 5.10 Å². The lowest BCUT2D eigenvalue weighted by molar-refractivity contribution is -0.136. The number of hydrogen-bond donors (Lipinski definition) is 4. The first-order chi connectivity index (χ1) is 22.6. The van der Waals surface area contributed by atoms with E-state index in [4.69, 9.17) is 35.3 Å². The lowest BCUT2D eigenvalue weighted by atomic mass is 9.95. The third-order valence-electron chi connectivity index (χ3n) is 6.74. The molecule has 0 bridgehead atoms. The molecule has 2 amide bonds. The summed E-state index contributed by atoms with van der Waals surface area (Å²) in [6.45, 7) is 6.30. The molecule has 12 nitrogen and oxygen atoms in total. The Kier molecular flexibility index (Phi) is 13.0. The maximum absolute atomic E-state index is 12.5. The van der Waals surface area contributed by atoms with E-state index in [1.807, 2.05) is 44.2 Å². The molecule has 0 aliphatic carbocycles. The van der Waals surface area contributed by atoms with Crippen molar-refractivity contribution in [2.24, 2.45) is 5.10 Å². The fourth-order valence-electron chi connectivity index (χ4n) is 4.62. The highest BCUT2D eigenvalue weighted by Crippen LogP contribution is 2.36. The van der Waals surface area contributed by atoms with Crippen LogP contribution in [0.3, 0.4) is 0 Å². The zero-order chi connectivity index (χ0) is 33.9. The summed E-state index contributed by atoms with van der Waals surface area (Å²) in [6.07, 6.45) is 0.395. The number of carbonyl (C=O) groups excluding carboxylic acids is 2. The lowest BCUT2D eigenvalue weighted by Gasteiger charge is -2.28. The summed E-state index contributed by atoms with van der Waals surface area (Å²) in [4.78, 5) is 24.7. The summed E-state index contributed by atoms with van der Waals surface area (Å²) in [7, 11) is 1.27. The summed E-state index contributed by atoms with van der Waals surface area (Å²) in [5.41, 5.74) is 5.59. The number of ether oxygens (including phenoxy) is 5. The summed E-state index contributed by atoms with van der Waals surface area (Å²) >= 11 is 8.16. The Morgan fingerprint density at radius 1 is 1.04 bits per heavy atom. The van der Waals surface area contributed by atoms with Gasteiger partial charge in [-0.3, -0.25) is 5.43 Å². The van der Waals surface area contributed by atoms with E-state index in [-0.39, 0.29) is 12.2 Å². The van der Waals surface area contributed by atoms with Crippen LogP contribution in [0.25, 0.3) is 0 Å². The second-order valence-corrected chi connectivity index (χ2v) is 11.7. The molecule has 47 heavy (non-hydrogen) atoms. The van der Waals surface area contributed by atoms with Gasteiger partial charge in [0, 0.05) is 10.7 Å². The van der Waals surface area contributed by atoms with Gasteiger partial charge in [-0.05, 0) is 96.5 Å². The molecule has 4 rings (SSSR count). The Morgan fingerprint density at radius 3 is 2.47 bits per heavy atom. The summed E-state index contributed by atoms with van der Waals surface area (Å²) < 4.78 is 29.3. The van der Waals surface area contributed by atoms with Crippen molar-refractivity contribution >= 4 is 52.4 Å². The smallest absolute Gasteiger partial charge is 0.337 e. The molecule has 4 N–H and O–H groups in total. The lowest BCUT2D eigenvalue weighted by Crippen LogP contribution is -2.45. The molecule has 0 spiro atoms. The summed E-state index contributed by atoms with van der Waals surface area (Å²) in [5, 5.41) is 20.7. The largest absolute Gasteiger partial charge is 0.490 e. The number of aliphatic hydroxyl groups is 1. The summed E-state index contributed by atoms with van der Waals surface area (Å²) in [5.74, 6) is 1.33. The van der Waals surface area contributed by atoms with Crippen molar-refractivity contribution < 1.29 is 38.4 Å². The Labute approximate surface area is 291 Å². The number of allylic oxidation sites excluding steroid dienone is 1. The minimum absolute atomic E-state index is 0.160. The predicted molar refractivity (Wildman–Crippen MR) is 185 cm³/mol. The molecular formula is C33H36ClIN4O8. The van der Waals surface area contributed by atoms with Gasteiger partial charge in [-0.25, -0.2) is 9.59 Å². The van der Waals surface area contributed by atoms with Crippen molar-refractivity contribution in [3.05, 3.63) is 91.2 Å². The van der Waals surface area contributed by atoms with Crippen LogP contribution in [0.5, 0.6) is 23.0 Å². The number of halogens is 2. The number of esters is 1. The van der Waals surface area contributed by atoms with Crippen molar-refractivity contribution in [3.8, 4) is 23.0 Å². The minimum atomic E-state index is -1.16. The molecule has 0 radical (unpaired) electrons. The van der Waals surface area contributed by atoms with Gasteiger partial charge in [0.05, 0.1) is 41.7 Å². The van der Waals surface area contributed by atoms with Gasteiger partial charge in [0.15, 0.2) is 29.2 Å². The molecule has 0 fully saturated rings. The highest BCUT2D eigenvalue weighted by atomic mass is 127. The Bertz CT molecular complexity index is 1630. The number of benzene rings is 3. The number of urea groups is 1. The average Bonchev–Trinajstić information content (AvgIpc) is 3.04. The SMILES string of the molecule is CCOc1cc([C@@H]2NC(=O)NC(C)=C2C(=O)OC)ccc1OC[C@@H](O)N/N=C/c1cc(I)c(OCc2ccc(Cl)cc2)c(OCC)c1. The van der Waals surface area contributed by atoms with E-state index in [0.29, 0.717) is 59.1 Å². The summed E-state index contributed by atoms with van der Waals surface area (Å²) in [6, 6.07) is 14.9. The topological polar surface area (TPSA) is 149 Å². The van der Waals surface area contributed by atoms with Gasteiger partial charge in [0.1, 0.15) is 13.2 Å². The second-order valence-electron chi connectivity index (χ2n) is 10.1. The maximum Gasteiger partial charge on any atom is 0.337 e. The third-order valence-corrected chi connectivity index (χ3v) is 7.79. The van der Waals surface area contributed by atoms with Gasteiger partial charge in [0.2, 0.25) is 0 Å². The number of hydrazone groups is 1. The Hall–Kier alpha value is -4.21. The highest BCUT2D eigenvalue weighted by molar-refractivity contribution is 14.1. The van der Waals surface area contributed by atoms with Crippen LogP contribution < -0.4 is 35.0 Å². The number of hydrogen-bond acceptors (Lipinski definition) is 10. The molecular weight excluding hydrogens is 743 g/mol. The van der Waals surface area contributed by atoms with E-state index >= 15 is 0 Å². The number of carbonyl (C=O) groups is 2. The van der Waals surface area contributed by atoms with Gasteiger partial charge in [-0.1, -0.05) is 29.8 Å². The van der Waals surface area contributed by atoms with Gasteiger partial charge in [-0.15, -0.1) is 0 Å². The molecule has 250 valence electrons. The second kappa shape index (κ2) is 17.1. The molecule has 0 saturated carbocycles. The van der Waals surface area contributed by atoms with Crippen LogP contribution in [0, 0.1) is 3.57 Å². The monoisotopic (exact) mass is 778 g/mol. The van der Waals surface area contributed by atoms with E-state index in [2.05, 4.69) is 43.8 Å². The maximum atomic E-state index is 12.5.